The van der Waals surface area contributed by atoms with E-state index in [2.05, 4.69) is 20.9 Å². The number of rotatable bonds is 2. The lowest BCUT2D eigenvalue weighted by molar-refractivity contribution is 0.412. The van der Waals surface area contributed by atoms with Gasteiger partial charge in [0.25, 0.3) is 5.19 Å². The molecule has 0 saturated carbocycles. The molecule has 0 spiro atoms. The number of halogens is 2. The summed E-state index contributed by atoms with van der Waals surface area (Å²) in [6.45, 7) is 0. The van der Waals surface area contributed by atoms with Crippen LogP contribution in [0.25, 0.3) is 10.4 Å². The maximum absolute atomic E-state index is 6.12. The molecule has 1 heterocycles. The first-order valence-corrected chi connectivity index (χ1v) is 6.14. The van der Waals surface area contributed by atoms with Crippen molar-refractivity contribution in [2.45, 2.75) is 0 Å². The predicted molar refractivity (Wildman–Crippen MR) is 66.8 cm³/mol. The van der Waals surface area contributed by atoms with Gasteiger partial charge in [0.1, 0.15) is 0 Å². The van der Waals surface area contributed by atoms with E-state index in [1.807, 2.05) is 18.2 Å². The lowest BCUT2D eigenvalue weighted by atomic mass is 10.2. The minimum absolute atomic E-state index is 0.643. The van der Waals surface area contributed by atoms with Crippen LogP contribution in [-0.4, -0.2) is 12.1 Å². The van der Waals surface area contributed by atoms with E-state index < -0.39 is 0 Å². The first kappa shape index (κ1) is 10.9. The van der Waals surface area contributed by atoms with Gasteiger partial charge in [-0.2, -0.15) is 0 Å². The summed E-state index contributed by atoms with van der Waals surface area (Å²) < 4.78 is 6.00. The van der Waals surface area contributed by atoms with Gasteiger partial charge in [0, 0.05) is 16.2 Å². The Kier molecular flexibility index (Phi) is 3.29. The SMILES string of the molecule is COc1ncc(-c2ccc(Br)cc2Cl)s1. The van der Waals surface area contributed by atoms with Gasteiger partial charge in [-0.25, -0.2) is 4.98 Å². The Balaban J connectivity index is 2.44. The lowest BCUT2D eigenvalue weighted by Gasteiger charge is -2.00. The molecule has 0 amide bonds. The van der Waals surface area contributed by atoms with Crippen LogP contribution in [0, 0.1) is 0 Å². The highest BCUT2D eigenvalue weighted by atomic mass is 79.9. The van der Waals surface area contributed by atoms with Crippen LogP contribution >= 0.6 is 38.9 Å². The fourth-order valence-corrected chi connectivity index (χ4v) is 2.77. The highest BCUT2D eigenvalue weighted by Gasteiger charge is 2.08. The third-order valence-electron chi connectivity index (χ3n) is 1.86. The Hall–Kier alpha value is -0.580. The molecule has 78 valence electrons. The van der Waals surface area contributed by atoms with Crippen LogP contribution in [0.15, 0.2) is 28.9 Å². The van der Waals surface area contributed by atoms with Crippen molar-refractivity contribution >= 4 is 38.9 Å². The fraction of sp³-hybridized carbons (Fsp3) is 0.100. The second-order valence-corrected chi connectivity index (χ2v) is 5.13. The van der Waals surface area contributed by atoms with Gasteiger partial charge in [-0.15, -0.1) is 0 Å². The van der Waals surface area contributed by atoms with E-state index >= 15 is 0 Å². The van der Waals surface area contributed by atoms with Crippen LogP contribution in [-0.2, 0) is 0 Å². The van der Waals surface area contributed by atoms with Crippen molar-refractivity contribution in [1.82, 2.24) is 4.98 Å². The molecule has 5 heteroatoms. The minimum atomic E-state index is 0.643. The number of hydrogen-bond donors (Lipinski definition) is 0. The molecule has 1 aromatic carbocycles. The second kappa shape index (κ2) is 4.51. The monoisotopic (exact) mass is 303 g/mol. The van der Waals surface area contributed by atoms with E-state index in [9.17, 15) is 0 Å². The van der Waals surface area contributed by atoms with Crippen LogP contribution in [0.5, 0.6) is 5.19 Å². The summed E-state index contributed by atoms with van der Waals surface area (Å²) in [5.74, 6) is 0. The van der Waals surface area contributed by atoms with Crippen LogP contribution in [0.1, 0.15) is 0 Å². The van der Waals surface area contributed by atoms with E-state index in [1.54, 1.807) is 13.3 Å². The molecular weight excluding hydrogens is 298 g/mol. The van der Waals surface area contributed by atoms with E-state index in [0.717, 1.165) is 14.9 Å². The van der Waals surface area contributed by atoms with E-state index in [4.69, 9.17) is 16.3 Å². The van der Waals surface area contributed by atoms with E-state index in [-0.39, 0.29) is 0 Å². The van der Waals surface area contributed by atoms with Gasteiger partial charge in [0.15, 0.2) is 0 Å². The number of aromatic nitrogens is 1. The Morgan fingerprint density at radius 2 is 2.27 bits per heavy atom. The topological polar surface area (TPSA) is 22.1 Å². The average Bonchev–Trinajstić information content (AvgIpc) is 2.66. The quantitative estimate of drug-likeness (QED) is 0.828. The Morgan fingerprint density at radius 3 is 2.87 bits per heavy atom. The van der Waals surface area contributed by atoms with Crippen molar-refractivity contribution < 1.29 is 4.74 Å². The lowest BCUT2D eigenvalue weighted by Crippen LogP contribution is -1.76. The Bertz CT molecular complexity index is 486. The molecule has 0 aliphatic carbocycles. The zero-order valence-electron chi connectivity index (χ0n) is 7.83. The number of ether oxygens (including phenoxy) is 1. The molecule has 15 heavy (non-hydrogen) atoms. The highest BCUT2D eigenvalue weighted by molar-refractivity contribution is 9.10. The fourth-order valence-electron chi connectivity index (χ4n) is 1.17. The van der Waals surface area contributed by atoms with Gasteiger partial charge in [-0.05, 0) is 12.1 Å². The van der Waals surface area contributed by atoms with Crippen molar-refractivity contribution in [3.63, 3.8) is 0 Å². The van der Waals surface area contributed by atoms with Gasteiger partial charge >= 0.3 is 0 Å². The first-order chi connectivity index (χ1) is 7.20. The number of benzene rings is 1. The van der Waals surface area contributed by atoms with Gasteiger partial charge < -0.3 is 4.74 Å². The van der Waals surface area contributed by atoms with E-state index in [0.29, 0.717) is 10.2 Å². The molecule has 2 rings (SSSR count). The summed E-state index contributed by atoms with van der Waals surface area (Å²) in [4.78, 5) is 5.10. The molecular formula is C10H7BrClNOS. The molecule has 0 N–H and O–H groups in total. The molecule has 0 bridgehead atoms. The van der Waals surface area contributed by atoms with Crippen LogP contribution in [0.3, 0.4) is 0 Å². The zero-order chi connectivity index (χ0) is 10.8. The molecule has 0 aliphatic heterocycles. The third-order valence-corrected chi connectivity index (χ3v) is 3.65. The number of thiazole rings is 1. The first-order valence-electron chi connectivity index (χ1n) is 4.16. The van der Waals surface area contributed by atoms with Gasteiger partial charge in [0.2, 0.25) is 0 Å². The summed E-state index contributed by atoms with van der Waals surface area (Å²) in [7, 11) is 1.60. The molecule has 0 unspecified atom stereocenters. The maximum Gasteiger partial charge on any atom is 0.273 e. The van der Waals surface area contributed by atoms with Crippen molar-refractivity contribution in [2.75, 3.05) is 7.11 Å². The van der Waals surface area contributed by atoms with E-state index in [1.165, 1.54) is 11.3 Å². The molecule has 0 fully saturated rings. The largest absolute Gasteiger partial charge is 0.473 e. The van der Waals surface area contributed by atoms with Crippen molar-refractivity contribution in [2.24, 2.45) is 0 Å². The maximum atomic E-state index is 6.12. The summed E-state index contributed by atoms with van der Waals surface area (Å²) in [6.07, 6.45) is 1.76. The average molecular weight is 305 g/mol. The summed E-state index contributed by atoms with van der Waals surface area (Å²) >= 11 is 11.0. The Labute approximate surface area is 105 Å². The van der Waals surface area contributed by atoms with Crippen molar-refractivity contribution in [3.8, 4) is 15.6 Å². The third kappa shape index (κ3) is 2.33. The number of hydrogen-bond acceptors (Lipinski definition) is 3. The summed E-state index contributed by atoms with van der Waals surface area (Å²) in [6, 6.07) is 5.77. The van der Waals surface area contributed by atoms with Crippen LogP contribution in [0.2, 0.25) is 5.02 Å². The molecule has 2 nitrogen and oxygen atoms in total. The second-order valence-electron chi connectivity index (χ2n) is 2.82. The molecule has 1 aromatic heterocycles. The van der Waals surface area contributed by atoms with Gasteiger partial charge in [-0.3, -0.25) is 0 Å². The van der Waals surface area contributed by atoms with Gasteiger partial charge in [0.05, 0.1) is 17.0 Å². The summed E-state index contributed by atoms with van der Waals surface area (Å²) in [5.41, 5.74) is 0.973. The molecule has 0 radical (unpaired) electrons. The smallest absolute Gasteiger partial charge is 0.273 e. The zero-order valence-corrected chi connectivity index (χ0v) is 11.0. The van der Waals surface area contributed by atoms with Crippen molar-refractivity contribution in [1.29, 1.82) is 0 Å². The Morgan fingerprint density at radius 1 is 1.47 bits per heavy atom. The predicted octanol–water partition coefficient (Wildman–Crippen LogP) is 4.23. The van der Waals surface area contributed by atoms with Crippen molar-refractivity contribution in [3.05, 3.63) is 33.9 Å². The normalized spacial score (nSPS) is 10.3. The molecule has 2 aromatic rings. The number of nitrogens with zero attached hydrogens (tertiary/aromatic N) is 1. The molecule has 0 saturated heterocycles. The highest BCUT2D eigenvalue weighted by Crippen LogP contribution is 2.35. The van der Waals surface area contributed by atoms with Crippen LogP contribution < -0.4 is 4.74 Å². The minimum Gasteiger partial charge on any atom is -0.473 e. The summed E-state index contributed by atoms with van der Waals surface area (Å²) in [5, 5.41) is 1.35. The van der Waals surface area contributed by atoms with Gasteiger partial charge in [-0.1, -0.05) is 44.9 Å². The van der Waals surface area contributed by atoms with Crippen LogP contribution in [0.4, 0.5) is 0 Å². The molecule has 0 aliphatic rings. The standard InChI is InChI=1S/C10H7BrClNOS/c1-14-10-13-5-9(15-10)7-3-2-6(11)4-8(7)12/h2-5H,1H3. The molecule has 0 atom stereocenters. The number of methoxy groups -OCH3 is 1.